The number of carbonyl (C=O) groups excluding carboxylic acids is 2. The molecule has 1 amide bonds. The van der Waals surface area contributed by atoms with E-state index in [1.807, 2.05) is 30.3 Å². The summed E-state index contributed by atoms with van der Waals surface area (Å²) in [6, 6.07) is 19.3. The molecule has 7 heteroatoms. The first kappa shape index (κ1) is 22.2. The summed E-state index contributed by atoms with van der Waals surface area (Å²) in [7, 11) is 1.53. The zero-order valence-electron chi connectivity index (χ0n) is 18.2. The van der Waals surface area contributed by atoms with Crippen molar-refractivity contribution in [2.45, 2.75) is 12.6 Å². The number of methoxy groups -OCH3 is 1. The Kier molecular flexibility index (Phi) is 6.80. The molecular formula is C26H24N2O5. The lowest BCUT2D eigenvalue weighted by Gasteiger charge is -2.24. The van der Waals surface area contributed by atoms with Crippen LogP contribution in [0.3, 0.4) is 0 Å². The van der Waals surface area contributed by atoms with Gasteiger partial charge in [0.15, 0.2) is 0 Å². The van der Waals surface area contributed by atoms with Gasteiger partial charge in [-0.25, -0.2) is 0 Å². The van der Waals surface area contributed by atoms with Gasteiger partial charge in [0.1, 0.15) is 18.1 Å². The molecule has 0 aliphatic carbocycles. The van der Waals surface area contributed by atoms with Gasteiger partial charge < -0.3 is 19.5 Å². The van der Waals surface area contributed by atoms with Crippen molar-refractivity contribution in [3.63, 3.8) is 0 Å². The SMILES string of the molecule is COCCN1C(=O)C(=O)/C(=C(/O)c2ccc(OCc3ccccc3)cc2)[C@@H]1c1ccncc1. The van der Waals surface area contributed by atoms with E-state index >= 15 is 0 Å². The molecule has 33 heavy (non-hydrogen) atoms. The van der Waals surface area contributed by atoms with Crippen molar-refractivity contribution < 1.29 is 24.2 Å². The maximum absolute atomic E-state index is 12.9. The monoisotopic (exact) mass is 444 g/mol. The van der Waals surface area contributed by atoms with Crippen LogP contribution in [0.4, 0.5) is 0 Å². The van der Waals surface area contributed by atoms with Gasteiger partial charge in [0.25, 0.3) is 11.7 Å². The van der Waals surface area contributed by atoms with Gasteiger partial charge in [-0.15, -0.1) is 0 Å². The number of aromatic nitrogens is 1. The molecule has 1 aliphatic heterocycles. The Bertz CT molecular complexity index is 1140. The number of ether oxygens (including phenoxy) is 2. The zero-order chi connectivity index (χ0) is 23.2. The zero-order valence-corrected chi connectivity index (χ0v) is 18.2. The summed E-state index contributed by atoms with van der Waals surface area (Å²) in [4.78, 5) is 31.1. The minimum Gasteiger partial charge on any atom is -0.507 e. The van der Waals surface area contributed by atoms with Crippen LogP contribution in [0.5, 0.6) is 5.75 Å². The minimum atomic E-state index is -0.727. The highest BCUT2D eigenvalue weighted by Gasteiger charge is 2.45. The highest BCUT2D eigenvalue weighted by atomic mass is 16.5. The Morgan fingerprint density at radius 1 is 1.00 bits per heavy atom. The summed E-state index contributed by atoms with van der Waals surface area (Å²) in [5, 5.41) is 11.1. The number of carbonyl (C=O) groups is 2. The van der Waals surface area contributed by atoms with Crippen molar-refractivity contribution in [1.29, 1.82) is 0 Å². The highest BCUT2D eigenvalue weighted by Crippen LogP contribution is 2.39. The maximum atomic E-state index is 12.9. The molecule has 168 valence electrons. The number of hydrogen-bond donors (Lipinski definition) is 1. The molecule has 1 aliphatic rings. The number of hydrogen-bond acceptors (Lipinski definition) is 6. The number of aliphatic hydroxyl groups is 1. The van der Waals surface area contributed by atoms with Crippen LogP contribution in [0.25, 0.3) is 5.76 Å². The molecule has 1 N–H and O–H groups in total. The number of amides is 1. The van der Waals surface area contributed by atoms with E-state index < -0.39 is 17.7 Å². The van der Waals surface area contributed by atoms with Crippen LogP contribution in [0.2, 0.25) is 0 Å². The second-order valence-electron chi connectivity index (χ2n) is 7.56. The molecule has 4 rings (SSSR count). The quantitative estimate of drug-likeness (QED) is 0.324. The van der Waals surface area contributed by atoms with Gasteiger partial charge in [0, 0.05) is 31.6 Å². The second kappa shape index (κ2) is 10.1. The third-order valence-electron chi connectivity index (χ3n) is 5.47. The largest absolute Gasteiger partial charge is 0.507 e. The maximum Gasteiger partial charge on any atom is 0.295 e. The lowest BCUT2D eigenvalue weighted by Crippen LogP contribution is -2.32. The van der Waals surface area contributed by atoms with Crippen LogP contribution in [0, 0.1) is 0 Å². The fraction of sp³-hybridized carbons (Fsp3) is 0.192. The average molecular weight is 444 g/mol. The van der Waals surface area contributed by atoms with Crippen LogP contribution in [-0.4, -0.2) is 46.9 Å². The lowest BCUT2D eigenvalue weighted by atomic mass is 9.96. The molecule has 3 aromatic rings. The van der Waals surface area contributed by atoms with Crippen LogP contribution < -0.4 is 4.74 Å². The normalized spacial score (nSPS) is 17.4. The van der Waals surface area contributed by atoms with Gasteiger partial charge in [-0.1, -0.05) is 30.3 Å². The Morgan fingerprint density at radius 2 is 1.70 bits per heavy atom. The van der Waals surface area contributed by atoms with E-state index in [2.05, 4.69) is 4.98 Å². The lowest BCUT2D eigenvalue weighted by molar-refractivity contribution is -0.140. The first-order valence-electron chi connectivity index (χ1n) is 10.5. The molecule has 0 bridgehead atoms. The summed E-state index contributed by atoms with van der Waals surface area (Å²) in [6.07, 6.45) is 3.18. The summed E-state index contributed by atoms with van der Waals surface area (Å²) < 4.78 is 10.9. The molecule has 1 saturated heterocycles. The molecule has 2 aromatic carbocycles. The topological polar surface area (TPSA) is 89.0 Å². The molecule has 7 nitrogen and oxygen atoms in total. The second-order valence-corrected chi connectivity index (χ2v) is 7.56. The van der Waals surface area contributed by atoms with Crippen molar-refractivity contribution in [2.75, 3.05) is 20.3 Å². The van der Waals surface area contributed by atoms with Crippen LogP contribution in [-0.2, 0) is 20.9 Å². The Hall–Kier alpha value is -3.97. The van der Waals surface area contributed by atoms with E-state index in [1.54, 1.807) is 48.8 Å². The third kappa shape index (κ3) is 4.78. The molecule has 0 spiro atoms. The van der Waals surface area contributed by atoms with E-state index in [9.17, 15) is 14.7 Å². The summed E-state index contributed by atoms with van der Waals surface area (Å²) in [5.41, 5.74) is 2.19. The van der Waals surface area contributed by atoms with E-state index in [0.29, 0.717) is 23.5 Å². The predicted molar refractivity (Wildman–Crippen MR) is 122 cm³/mol. The number of ketones is 1. The van der Waals surface area contributed by atoms with Gasteiger partial charge in [-0.3, -0.25) is 14.6 Å². The highest BCUT2D eigenvalue weighted by molar-refractivity contribution is 6.46. The molecule has 0 unspecified atom stereocenters. The molecule has 1 atom stereocenters. The smallest absolute Gasteiger partial charge is 0.295 e. The van der Waals surface area contributed by atoms with Crippen molar-refractivity contribution in [1.82, 2.24) is 9.88 Å². The van der Waals surface area contributed by atoms with Crippen molar-refractivity contribution >= 4 is 17.4 Å². The summed E-state index contributed by atoms with van der Waals surface area (Å²) in [6.45, 7) is 0.901. The number of pyridine rings is 1. The third-order valence-corrected chi connectivity index (χ3v) is 5.47. The Balaban J connectivity index is 1.63. The average Bonchev–Trinajstić information content (AvgIpc) is 3.12. The molecule has 0 saturated carbocycles. The minimum absolute atomic E-state index is 0.0419. The molecule has 1 aromatic heterocycles. The number of Topliss-reactive ketones (excluding diaryl/α,β-unsaturated/α-hetero) is 1. The van der Waals surface area contributed by atoms with Crippen LogP contribution in [0.15, 0.2) is 84.7 Å². The number of likely N-dealkylation sites (tertiary alicyclic amines) is 1. The van der Waals surface area contributed by atoms with Gasteiger partial charge in [-0.05, 0) is 47.5 Å². The molecule has 2 heterocycles. The van der Waals surface area contributed by atoms with E-state index in [1.165, 1.54) is 12.0 Å². The first-order chi connectivity index (χ1) is 16.1. The fourth-order valence-electron chi connectivity index (χ4n) is 3.80. The molecular weight excluding hydrogens is 420 g/mol. The van der Waals surface area contributed by atoms with Gasteiger partial charge in [-0.2, -0.15) is 0 Å². The van der Waals surface area contributed by atoms with Gasteiger partial charge >= 0.3 is 0 Å². The number of rotatable bonds is 8. The Morgan fingerprint density at radius 3 is 2.36 bits per heavy atom. The summed E-state index contributed by atoms with van der Waals surface area (Å²) >= 11 is 0. The first-order valence-corrected chi connectivity index (χ1v) is 10.5. The fourth-order valence-corrected chi connectivity index (χ4v) is 3.80. The number of benzene rings is 2. The summed E-state index contributed by atoms with van der Waals surface area (Å²) in [5.74, 6) is -1.00. The van der Waals surface area contributed by atoms with Gasteiger partial charge in [0.2, 0.25) is 0 Å². The van der Waals surface area contributed by atoms with E-state index in [4.69, 9.17) is 9.47 Å². The van der Waals surface area contributed by atoms with Crippen molar-refractivity contribution in [3.05, 3.63) is 101 Å². The van der Waals surface area contributed by atoms with Crippen molar-refractivity contribution in [3.8, 4) is 5.75 Å². The molecule has 0 radical (unpaired) electrons. The van der Waals surface area contributed by atoms with Crippen LogP contribution in [0.1, 0.15) is 22.7 Å². The predicted octanol–water partition coefficient (Wildman–Crippen LogP) is 3.73. The standard InChI is InChI=1S/C26H24N2O5/c1-32-16-15-28-23(19-11-13-27-14-12-19)22(25(30)26(28)31)24(29)20-7-9-21(10-8-20)33-17-18-5-3-2-4-6-18/h2-14,23,29H,15-17H2,1H3/b24-22+/t23-/m0/s1. The van der Waals surface area contributed by atoms with E-state index in [-0.39, 0.29) is 24.5 Å². The molecule has 1 fully saturated rings. The van der Waals surface area contributed by atoms with E-state index in [0.717, 1.165) is 5.56 Å². The number of nitrogens with zero attached hydrogens (tertiary/aromatic N) is 2. The van der Waals surface area contributed by atoms with Crippen molar-refractivity contribution in [2.24, 2.45) is 0 Å². The Labute approximate surface area is 191 Å². The van der Waals surface area contributed by atoms with Crippen LogP contribution >= 0.6 is 0 Å². The van der Waals surface area contributed by atoms with Gasteiger partial charge in [0.05, 0.1) is 18.2 Å². The number of aliphatic hydroxyl groups excluding tert-OH is 1.